The first-order valence-electron chi connectivity index (χ1n) is 15.0. The quantitative estimate of drug-likeness (QED) is 0.156. The van der Waals surface area contributed by atoms with Crippen LogP contribution in [0.3, 0.4) is 0 Å². The standard InChI is InChI=1S/C37H38N6O2/c1-37(2,3)27-14-18-35(45-4)34(22-27)42-36(44)41-33-17-16-30(31-11-5-6-12-32(31)33)26-13-15-28(40-23-26)25-43(21-8-7-19-38)29-10-9-20-39-24-29/h5-6,9-18,20,22-24H,7-8,21,25H2,1-4H3,(H2,41,42,44). The molecule has 8 heteroatoms. The lowest BCUT2D eigenvalue weighted by molar-refractivity contribution is 0.262. The van der Waals surface area contributed by atoms with Crippen molar-refractivity contribution >= 4 is 33.9 Å². The number of pyridine rings is 2. The van der Waals surface area contributed by atoms with Gasteiger partial charge in [-0.05, 0) is 64.7 Å². The molecule has 0 saturated heterocycles. The highest BCUT2D eigenvalue weighted by molar-refractivity contribution is 6.10. The van der Waals surface area contributed by atoms with Crippen molar-refractivity contribution in [2.75, 3.05) is 29.2 Å². The Morgan fingerprint density at radius 3 is 2.42 bits per heavy atom. The van der Waals surface area contributed by atoms with Crippen LogP contribution >= 0.6 is 0 Å². The summed E-state index contributed by atoms with van der Waals surface area (Å²) < 4.78 is 5.51. The maximum Gasteiger partial charge on any atom is 0.323 e. The summed E-state index contributed by atoms with van der Waals surface area (Å²) in [6.07, 6.45) is 6.75. The molecule has 228 valence electrons. The molecule has 5 aromatic rings. The highest BCUT2D eigenvalue weighted by Crippen LogP contribution is 2.35. The second-order valence-corrected chi connectivity index (χ2v) is 11.9. The number of aromatic nitrogens is 2. The van der Waals surface area contributed by atoms with Gasteiger partial charge < -0.3 is 20.3 Å². The number of amides is 2. The van der Waals surface area contributed by atoms with E-state index in [-0.39, 0.29) is 11.4 Å². The number of hydrogen-bond donors (Lipinski definition) is 2. The number of urea groups is 1. The van der Waals surface area contributed by atoms with Gasteiger partial charge in [-0.1, -0.05) is 63.2 Å². The molecular formula is C37H38N6O2. The van der Waals surface area contributed by atoms with Gasteiger partial charge >= 0.3 is 6.03 Å². The van der Waals surface area contributed by atoms with E-state index in [9.17, 15) is 4.79 Å². The number of nitrogens with zero attached hydrogens (tertiary/aromatic N) is 4. The highest BCUT2D eigenvalue weighted by atomic mass is 16.5. The van der Waals surface area contributed by atoms with Crippen molar-refractivity contribution in [3.05, 3.63) is 109 Å². The molecule has 2 heterocycles. The van der Waals surface area contributed by atoms with E-state index in [0.29, 0.717) is 30.1 Å². The molecular weight excluding hydrogens is 560 g/mol. The van der Waals surface area contributed by atoms with Crippen molar-refractivity contribution in [3.8, 4) is 22.9 Å². The first kappa shape index (κ1) is 31.0. The molecule has 0 saturated carbocycles. The van der Waals surface area contributed by atoms with E-state index >= 15 is 0 Å². The van der Waals surface area contributed by atoms with E-state index < -0.39 is 0 Å². The average Bonchev–Trinajstić information content (AvgIpc) is 3.05. The van der Waals surface area contributed by atoms with Crippen LogP contribution in [-0.4, -0.2) is 29.7 Å². The second kappa shape index (κ2) is 13.9. The number of nitriles is 1. The Balaban J connectivity index is 1.36. The molecule has 0 aliphatic heterocycles. The molecule has 0 bridgehead atoms. The van der Waals surface area contributed by atoms with E-state index in [2.05, 4.69) is 59.5 Å². The minimum absolute atomic E-state index is 0.0744. The number of carbonyl (C=O) groups is 1. The summed E-state index contributed by atoms with van der Waals surface area (Å²) in [6, 6.07) is 27.7. The first-order chi connectivity index (χ1) is 21.8. The third kappa shape index (κ3) is 7.57. The van der Waals surface area contributed by atoms with Crippen LogP contribution in [0.5, 0.6) is 5.75 Å². The van der Waals surface area contributed by atoms with Gasteiger partial charge in [-0.2, -0.15) is 5.26 Å². The first-order valence-corrected chi connectivity index (χ1v) is 15.0. The van der Waals surface area contributed by atoms with Crippen LogP contribution in [0.25, 0.3) is 21.9 Å². The zero-order valence-electron chi connectivity index (χ0n) is 26.2. The molecule has 45 heavy (non-hydrogen) atoms. The van der Waals surface area contributed by atoms with Crippen molar-refractivity contribution in [3.63, 3.8) is 0 Å². The fourth-order valence-corrected chi connectivity index (χ4v) is 5.27. The highest BCUT2D eigenvalue weighted by Gasteiger charge is 2.18. The average molecular weight is 599 g/mol. The Morgan fingerprint density at radius 1 is 0.933 bits per heavy atom. The number of carbonyl (C=O) groups excluding carboxylic acids is 1. The Hall–Kier alpha value is -5.42. The summed E-state index contributed by atoms with van der Waals surface area (Å²) in [6.45, 7) is 7.74. The maximum atomic E-state index is 13.2. The number of hydrogen-bond acceptors (Lipinski definition) is 6. The molecule has 8 nitrogen and oxygen atoms in total. The topological polar surface area (TPSA) is 103 Å². The Morgan fingerprint density at radius 2 is 1.73 bits per heavy atom. The number of nitrogens with one attached hydrogen (secondary N) is 2. The van der Waals surface area contributed by atoms with E-state index in [1.807, 2.05) is 79.1 Å². The summed E-state index contributed by atoms with van der Waals surface area (Å²) >= 11 is 0. The zero-order valence-corrected chi connectivity index (χ0v) is 26.2. The number of ether oxygens (including phenoxy) is 1. The lowest BCUT2D eigenvalue weighted by atomic mass is 9.87. The number of unbranched alkanes of at least 4 members (excludes halogenated alkanes) is 1. The van der Waals surface area contributed by atoms with Gasteiger partial charge in [-0.15, -0.1) is 0 Å². The predicted octanol–water partition coefficient (Wildman–Crippen LogP) is 8.56. The Kier molecular flexibility index (Phi) is 9.59. The van der Waals surface area contributed by atoms with E-state index in [0.717, 1.165) is 51.8 Å². The van der Waals surface area contributed by atoms with Crippen LogP contribution in [-0.2, 0) is 12.0 Å². The van der Waals surface area contributed by atoms with Gasteiger partial charge in [0.1, 0.15) is 5.75 Å². The predicted molar refractivity (Wildman–Crippen MR) is 182 cm³/mol. The van der Waals surface area contributed by atoms with E-state index in [4.69, 9.17) is 15.0 Å². The second-order valence-electron chi connectivity index (χ2n) is 11.9. The lowest BCUT2D eigenvalue weighted by Gasteiger charge is -2.24. The van der Waals surface area contributed by atoms with Crippen LogP contribution in [0.15, 0.2) is 97.5 Å². The minimum Gasteiger partial charge on any atom is -0.495 e. The van der Waals surface area contributed by atoms with Crippen molar-refractivity contribution < 1.29 is 9.53 Å². The van der Waals surface area contributed by atoms with Crippen LogP contribution in [0.2, 0.25) is 0 Å². The van der Waals surface area contributed by atoms with Crippen LogP contribution < -0.4 is 20.3 Å². The SMILES string of the molecule is COc1ccc(C(C)(C)C)cc1NC(=O)Nc1ccc(-c2ccc(CN(CCCC#N)c3cccnc3)nc2)c2ccccc12. The molecule has 2 amide bonds. The molecule has 0 atom stereocenters. The molecule has 0 unspecified atom stereocenters. The summed E-state index contributed by atoms with van der Waals surface area (Å²) in [5.74, 6) is 0.597. The van der Waals surface area contributed by atoms with Gasteiger partial charge in [0.2, 0.25) is 0 Å². The number of rotatable bonds is 10. The van der Waals surface area contributed by atoms with Gasteiger partial charge in [-0.25, -0.2) is 4.79 Å². The van der Waals surface area contributed by atoms with Crippen molar-refractivity contribution in [2.24, 2.45) is 0 Å². The largest absolute Gasteiger partial charge is 0.495 e. The summed E-state index contributed by atoms with van der Waals surface area (Å²) in [4.78, 5) is 24.5. The summed E-state index contributed by atoms with van der Waals surface area (Å²) in [5, 5.41) is 16.9. The van der Waals surface area contributed by atoms with Gasteiger partial charge in [-0.3, -0.25) is 9.97 Å². The van der Waals surface area contributed by atoms with Gasteiger partial charge in [0.25, 0.3) is 0 Å². The molecule has 0 radical (unpaired) electrons. The van der Waals surface area contributed by atoms with Crippen LogP contribution in [0.1, 0.15) is 44.9 Å². The van der Waals surface area contributed by atoms with Crippen LogP contribution in [0.4, 0.5) is 21.9 Å². The molecule has 3 aromatic carbocycles. The van der Waals surface area contributed by atoms with Gasteiger partial charge in [0, 0.05) is 36.3 Å². The molecule has 2 aromatic heterocycles. The van der Waals surface area contributed by atoms with Gasteiger partial charge in [0.15, 0.2) is 0 Å². The number of fused-ring (bicyclic) bond motifs is 1. The van der Waals surface area contributed by atoms with E-state index in [1.165, 1.54) is 0 Å². The number of benzene rings is 3. The van der Waals surface area contributed by atoms with Crippen molar-refractivity contribution in [1.29, 1.82) is 5.26 Å². The van der Waals surface area contributed by atoms with E-state index in [1.54, 1.807) is 13.3 Å². The molecule has 0 fully saturated rings. The fraction of sp³-hybridized carbons (Fsp3) is 0.243. The van der Waals surface area contributed by atoms with Crippen molar-refractivity contribution in [2.45, 2.75) is 45.6 Å². The zero-order chi connectivity index (χ0) is 31.8. The Labute approximate surface area is 264 Å². The molecule has 0 aliphatic rings. The minimum atomic E-state index is -0.351. The smallest absolute Gasteiger partial charge is 0.323 e. The summed E-state index contributed by atoms with van der Waals surface area (Å²) in [5.41, 5.74) is 6.25. The fourth-order valence-electron chi connectivity index (χ4n) is 5.27. The molecule has 0 spiro atoms. The molecule has 0 aliphatic carbocycles. The lowest BCUT2D eigenvalue weighted by Crippen LogP contribution is -2.24. The third-order valence-electron chi connectivity index (χ3n) is 7.70. The van der Waals surface area contributed by atoms with Crippen molar-refractivity contribution in [1.82, 2.24) is 9.97 Å². The maximum absolute atomic E-state index is 13.2. The van der Waals surface area contributed by atoms with Crippen LogP contribution in [0, 0.1) is 11.3 Å². The molecule has 5 rings (SSSR count). The normalized spacial score (nSPS) is 11.1. The third-order valence-corrected chi connectivity index (χ3v) is 7.70. The Bertz CT molecular complexity index is 1810. The monoisotopic (exact) mass is 598 g/mol. The van der Waals surface area contributed by atoms with Gasteiger partial charge in [0.05, 0.1) is 48.7 Å². The molecule has 2 N–H and O–H groups in total. The number of anilines is 3. The summed E-state index contributed by atoms with van der Waals surface area (Å²) in [7, 11) is 1.59. The number of methoxy groups -OCH3 is 1.